The van der Waals surface area contributed by atoms with E-state index in [1.54, 1.807) is 0 Å². The van der Waals surface area contributed by atoms with Gasteiger partial charge < -0.3 is 10.6 Å². The Hall–Kier alpha value is -3.33. The van der Waals surface area contributed by atoms with Gasteiger partial charge in [0.15, 0.2) is 5.78 Å². The lowest BCUT2D eigenvalue weighted by molar-refractivity contribution is -0.116. The van der Waals surface area contributed by atoms with Gasteiger partial charge in [0.1, 0.15) is 0 Å². The summed E-state index contributed by atoms with van der Waals surface area (Å²) in [7, 11) is 0. The molecule has 0 bridgehead atoms. The number of Topliss-reactive ketones (excluding diaryl/α,β-unsaturated/α-hetero) is 1. The van der Waals surface area contributed by atoms with Crippen molar-refractivity contribution in [3.8, 4) is 0 Å². The summed E-state index contributed by atoms with van der Waals surface area (Å²) in [5.41, 5.74) is 8.77. The average Bonchev–Trinajstić information content (AvgIpc) is 2.91. The standard InChI is InChI=1S/C27H26N2O/c1-17-10-12-19(13-11-17)21-15-24-26(25(30)16-21)27(20-7-5-6-18(2)14-20)29-23-9-4-3-8-22(23)28-24/h3-14,21,27-29H,15-16H2,1-2H3. The van der Waals surface area contributed by atoms with Crippen LogP contribution in [0.4, 0.5) is 11.4 Å². The number of para-hydroxylation sites is 2. The van der Waals surface area contributed by atoms with Crippen molar-refractivity contribution >= 4 is 17.2 Å². The predicted octanol–water partition coefficient (Wildman–Crippen LogP) is 6.28. The van der Waals surface area contributed by atoms with Gasteiger partial charge in [0, 0.05) is 17.7 Å². The van der Waals surface area contributed by atoms with E-state index in [9.17, 15) is 4.79 Å². The second-order valence-electron chi connectivity index (χ2n) is 8.49. The Bertz CT molecular complexity index is 1140. The molecule has 3 aromatic carbocycles. The van der Waals surface area contributed by atoms with Crippen LogP contribution in [-0.2, 0) is 4.79 Å². The predicted molar refractivity (Wildman–Crippen MR) is 123 cm³/mol. The van der Waals surface area contributed by atoms with Crippen LogP contribution in [0.15, 0.2) is 84.1 Å². The fraction of sp³-hybridized carbons (Fsp3) is 0.222. The van der Waals surface area contributed by atoms with E-state index in [0.717, 1.165) is 34.6 Å². The number of ketones is 1. The highest BCUT2D eigenvalue weighted by molar-refractivity contribution is 6.01. The van der Waals surface area contributed by atoms with Gasteiger partial charge in [0.25, 0.3) is 0 Å². The van der Waals surface area contributed by atoms with Crippen molar-refractivity contribution in [1.82, 2.24) is 0 Å². The van der Waals surface area contributed by atoms with Gasteiger partial charge in [-0.3, -0.25) is 4.79 Å². The Morgan fingerprint density at radius 3 is 2.30 bits per heavy atom. The van der Waals surface area contributed by atoms with Crippen LogP contribution < -0.4 is 10.6 Å². The van der Waals surface area contributed by atoms with E-state index in [0.29, 0.717) is 6.42 Å². The second kappa shape index (κ2) is 7.49. The van der Waals surface area contributed by atoms with E-state index in [4.69, 9.17) is 0 Å². The van der Waals surface area contributed by atoms with E-state index in [1.165, 1.54) is 16.7 Å². The third kappa shape index (κ3) is 3.41. The normalized spacial score (nSPS) is 20.5. The molecule has 2 unspecified atom stereocenters. The summed E-state index contributed by atoms with van der Waals surface area (Å²) in [6, 6.07) is 25.1. The molecule has 0 radical (unpaired) electrons. The number of nitrogens with one attached hydrogen (secondary N) is 2. The molecule has 5 rings (SSSR count). The number of rotatable bonds is 2. The number of hydrogen-bond donors (Lipinski definition) is 2. The second-order valence-corrected chi connectivity index (χ2v) is 8.49. The summed E-state index contributed by atoms with van der Waals surface area (Å²) in [5, 5.41) is 7.27. The third-order valence-corrected chi connectivity index (χ3v) is 6.23. The van der Waals surface area contributed by atoms with Crippen LogP contribution >= 0.6 is 0 Å². The molecule has 3 aromatic rings. The molecule has 0 aromatic heterocycles. The lowest BCUT2D eigenvalue weighted by atomic mass is 9.78. The smallest absolute Gasteiger partial charge is 0.163 e. The molecule has 0 saturated carbocycles. The molecule has 30 heavy (non-hydrogen) atoms. The molecule has 0 spiro atoms. The molecule has 0 amide bonds. The summed E-state index contributed by atoms with van der Waals surface area (Å²) >= 11 is 0. The molecule has 0 saturated heterocycles. The van der Waals surface area contributed by atoms with Gasteiger partial charge in [-0.15, -0.1) is 0 Å². The van der Waals surface area contributed by atoms with Gasteiger partial charge in [-0.1, -0.05) is 71.8 Å². The number of fused-ring (bicyclic) bond motifs is 1. The van der Waals surface area contributed by atoms with Gasteiger partial charge in [-0.05, 0) is 49.4 Å². The topological polar surface area (TPSA) is 41.1 Å². The SMILES string of the molecule is Cc1ccc(C2CC(=O)C3=C(C2)Nc2ccccc2NC3c2cccc(C)c2)cc1. The lowest BCUT2D eigenvalue weighted by Crippen LogP contribution is -2.26. The minimum Gasteiger partial charge on any atom is -0.372 e. The van der Waals surface area contributed by atoms with Gasteiger partial charge >= 0.3 is 0 Å². The van der Waals surface area contributed by atoms with Crippen LogP contribution in [0.1, 0.15) is 47.1 Å². The molecule has 1 aliphatic carbocycles. The zero-order chi connectivity index (χ0) is 20.7. The van der Waals surface area contributed by atoms with Crippen molar-refractivity contribution in [2.24, 2.45) is 0 Å². The van der Waals surface area contributed by atoms with Crippen molar-refractivity contribution < 1.29 is 4.79 Å². The maximum atomic E-state index is 13.5. The molecule has 2 N–H and O–H groups in total. The molecule has 0 fully saturated rings. The third-order valence-electron chi connectivity index (χ3n) is 6.23. The van der Waals surface area contributed by atoms with E-state index in [1.807, 2.05) is 12.1 Å². The Kier molecular flexibility index (Phi) is 4.66. The van der Waals surface area contributed by atoms with Crippen LogP contribution in [0.5, 0.6) is 0 Å². The maximum absolute atomic E-state index is 13.5. The lowest BCUT2D eigenvalue weighted by Gasteiger charge is -2.30. The summed E-state index contributed by atoms with van der Waals surface area (Å²) < 4.78 is 0. The zero-order valence-electron chi connectivity index (χ0n) is 17.4. The quantitative estimate of drug-likeness (QED) is 0.537. The first-order valence-electron chi connectivity index (χ1n) is 10.6. The van der Waals surface area contributed by atoms with Crippen LogP contribution in [-0.4, -0.2) is 5.78 Å². The minimum atomic E-state index is -0.150. The first-order valence-corrected chi connectivity index (χ1v) is 10.6. The number of allylic oxidation sites excluding steroid dienone is 1. The van der Waals surface area contributed by atoms with Crippen LogP contribution in [0.25, 0.3) is 0 Å². The number of carbonyl (C=O) groups excluding carboxylic acids is 1. The zero-order valence-corrected chi connectivity index (χ0v) is 17.4. The van der Waals surface area contributed by atoms with E-state index < -0.39 is 0 Å². The number of carbonyl (C=O) groups is 1. The van der Waals surface area contributed by atoms with Gasteiger partial charge in [-0.25, -0.2) is 0 Å². The summed E-state index contributed by atoms with van der Waals surface area (Å²) in [6.45, 7) is 4.19. The molecule has 2 aliphatic rings. The largest absolute Gasteiger partial charge is 0.372 e. The average molecular weight is 395 g/mol. The number of hydrogen-bond acceptors (Lipinski definition) is 3. The molecule has 1 aliphatic heterocycles. The highest BCUT2D eigenvalue weighted by atomic mass is 16.1. The first kappa shape index (κ1) is 18.7. The Labute approximate surface area is 177 Å². The fourth-order valence-electron chi connectivity index (χ4n) is 4.67. The van der Waals surface area contributed by atoms with Crippen molar-refractivity contribution in [3.05, 3.63) is 106 Å². The Morgan fingerprint density at radius 2 is 1.53 bits per heavy atom. The van der Waals surface area contributed by atoms with E-state index >= 15 is 0 Å². The van der Waals surface area contributed by atoms with Crippen molar-refractivity contribution in [2.45, 2.75) is 38.6 Å². The number of anilines is 2. The Balaban J connectivity index is 1.61. The van der Waals surface area contributed by atoms with E-state index in [-0.39, 0.29) is 17.7 Å². The molecular formula is C27H26N2O. The van der Waals surface area contributed by atoms with Crippen LogP contribution in [0.2, 0.25) is 0 Å². The van der Waals surface area contributed by atoms with Gasteiger partial charge in [-0.2, -0.15) is 0 Å². The highest BCUT2D eigenvalue weighted by Crippen LogP contribution is 2.44. The fourth-order valence-corrected chi connectivity index (χ4v) is 4.67. The van der Waals surface area contributed by atoms with Crippen molar-refractivity contribution in [2.75, 3.05) is 10.6 Å². The molecule has 150 valence electrons. The van der Waals surface area contributed by atoms with Gasteiger partial charge in [0.2, 0.25) is 0 Å². The number of benzene rings is 3. The monoisotopic (exact) mass is 394 g/mol. The van der Waals surface area contributed by atoms with Crippen LogP contribution in [0, 0.1) is 13.8 Å². The molecule has 1 heterocycles. The van der Waals surface area contributed by atoms with Crippen molar-refractivity contribution in [1.29, 1.82) is 0 Å². The molecule has 2 atom stereocenters. The minimum absolute atomic E-state index is 0.150. The summed E-state index contributed by atoms with van der Waals surface area (Å²) in [6.07, 6.45) is 1.38. The molecule has 3 heteroatoms. The van der Waals surface area contributed by atoms with E-state index in [2.05, 4.69) is 85.1 Å². The van der Waals surface area contributed by atoms with Gasteiger partial charge in [0.05, 0.1) is 17.4 Å². The summed E-state index contributed by atoms with van der Waals surface area (Å²) in [4.78, 5) is 13.5. The molecule has 3 nitrogen and oxygen atoms in total. The van der Waals surface area contributed by atoms with Crippen molar-refractivity contribution in [3.63, 3.8) is 0 Å². The van der Waals surface area contributed by atoms with Crippen LogP contribution in [0.3, 0.4) is 0 Å². The first-order chi connectivity index (χ1) is 14.6. The highest BCUT2D eigenvalue weighted by Gasteiger charge is 2.35. The Morgan fingerprint density at radius 1 is 0.767 bits per heavy atom. The molecular weight excluding hydrogens is 368 g/mol. The maximum Gasteiger partial charge on any atom is 0.163 e. The summed E-state index contributed by atoms with van der Waals surface area (Å²) in [5.74, 6) is 0.425. The number of aryl methyl sites for hydroxylation is 2.